The summed E-state index contributed by atoms with van der Waals surface area (Å²) in [4.78, 5) is 23.5. The van der Waals surface area contributed by atoms with E-state index in [0.717, 1.165) is 33.5 Å². The van der Waals surface area contributed by atoms with E-state index in [2.05, 4.69) is 29.6 Å². The Kier molecular flexibility index (Phi) is 2.98. The summed E-state index contributed by atoms with van der Waals surface area (Å²) in [5.74, 6) is -0.327. The Morgan fingerprint density at radius 3 is 2.27 bits per heavy atom. The standard InChI is InChI=1S/C18H11NO2S/c20-17-16(22-18(21)19-17)10-12-9-11-5-1-2-6-13(11)15-8-4-3-7-14(12)15/h1-10H,(H,19,20,21). The van der Waals surface area contributed by atoms with Gasteiger partial charge in [0.1, 0.15) is 0 Å². The van der Waals surface area contributed by atoms with Crippen molar-refractivity contribution < 1.29 is 9.59 Å². The Hall–Kier alpha value is -2.59. The zero-order valence-corrected chi connectivity index (χ0v) is 12.3. The van der Waals surface area contributed by atoms with Crippen LogP contribution in [0.3, 0.4) is 0 Å². The molecule has 4 rings (SSSR count). The SMILES string of the molecule is O=C1NC(=O)C(=Cc2cc3ccccc3c3ccccc23)S1. The molecule has 22 heavy (non-hydrogen) atoms. The van der Waals surface area contributed by atoms with E-state index in [9.17, 15) is 9.59 Å². The van der Waals surface area contributed by atoms with Crippen LogP contribution in [0.4, 0.5) is 4.79 Å². The fourth-order valence-electron chi connectivity index (χ4n) is 2.76. The number of fused-ring (bicyclic) bond motifs is 3. The number of carbonyl (C=O) groups is 2. The van der Waals surface area contributed by atoms with Gasteiger partial charge in [0.2, 0.25) is 0 Å². The first kappa shape index (κ1) is 13.1. The first-order valence-electron chi connectivity index (χ1n) is 6.88. The summed E-state index contributed by atoms with van der Waals surface area (Å²) >= 11 is 0.944. The van der Waals surface area contributed by atoms with Crippen molar-refractivity contribution in [3.05, 3.63) is 65.1 Å². The number of hydrogen-bond donors (Lipinski definition) is 1. The number of rotatable bonds is 1. The molecular weight excluding hydrogens is 294 g/mol. The highest BCUT2D eigenvalue weighted by molar-refractivity contribution is 8.18. The number of amides is 2. The van der Waals surface area contributed by atoms with Crippen molar-refractivity contribution in [2.75, 3.05) is 0 Å². The van der Waals surface area contributed by atoms with Crippen LogP contribution in [0.15, 0.2) is 59.5 Å². The van der Waals surface area contributed by atoms with E-state index in [-0.39, 0.29) is 11.1 Å². The third-order valence-corrected chi connectivity index (χ3v) is 4.54. The van der Waals surface area contributed by atoms with Gasteiger partial charge in [-0.2, -0.15) is 0 Å². The summed E-state index contributed by atoms with van der Waals surface area (Å²) in [5, 5.41) is 6.48. The molecule has 1 aliphatic heterocycles. The quantitative estimate of drug-likeness (QED) is 0.538. The van der Waals surface area contributed by atoms with Crippen LogP contribution in [-0.4, -0.2) is 11.1 Å². The highest BCUT2D eigenvalue weighted by Crippen LogP contribution is 2.32. The Morgan fingerprint density at radius 2 is 1.55 bits per heavy atom. The average Bonchev–Trinajstić information content (AvgIpc) is 2.85. The smallest absolute Gasteiger partial charge is 0.282 e. The van der Waals surface area contributed by atoms with Gasteiger partial charge in [-0.05, 0) is 51.0 Å². The van der Waals surface area contributed by atoms with Gasteiger partial charge in [-0.25, -0.2) is 0 Å². The molecule has 0 aliphatic carbocycles. The lowest BCUT2D eigenvalue weighted by Gasteiger charge is -2.08. The topological polar surface area (TPSA) is 46.2 Å². The van der Waals surface area contributed by atoms with Gasteiger partial charge in [0, 0.05) is 0 Å². The summed E-state index contributed by atoms with van der Waals surface area (Å²) in [6.07, 6.45) is 1.79. The lowest BCUT2D eigenvalue weighted by atomic mass is 9.97. The maximum atomic E-state index is 11.8. The van der Waals surface area contributed by atoms with Crippen LogP contribution in [0.5, 0.6) is 0 Å². The van der Waals surface area contributed by atoms with Gasteiger partial charge < -0.3 is 0 Å². The van der Waals surface area contributed by atoms with Gasteiger partial charge in [0.15, 0.2) is 0 Å². The van der Waals surface area contributed by atoms with Gasteiger partial charge >= 0.3 is 0 Å². The minimum absolute atomic E-state index is 0.318. The van der Waals surface area contributed by atoms with Crippen molar-refractivity contribution in [2.45, 2.75) is 0 Å². The van der Waals surface area contributed by atoms with E-state index < -0.39 is 0 Å². The molecule has 0 bridgehead atoms. The Bertz CT molecular complexity index is 975. The zero-order chi connectivity index (χ0) is 15.1. The Labute approximate surface area is 131 Å². The molecular formula is C18H11NO2S. The highest BCUT2D eigenvalue weighted by atomic mass is 32.2. The van der Waals surface area contributed by atoms with Crippen molar-refractivity contribution in [1.29, 1.82) is 0 Å². The number of benzene rings is 3. The molecule has 1 N–H and O–H groups in total. The first-order valence-corrected chi connectivity index (χ1v) is 7.69. The fourth-order valence-corrected chi connectivity index (χ4v) is 3.44. The van der Waals surface area contributed by atoms with Gasteiger partial charge in [-0.15, -0.1) is 0 Å². The zero-order valence-electron chi connectivity index (χ0n) is 11.5. The number of hydrogen-bond acceptors (Lipinski definition) is 3. The molecule has 1 heterocycles. The third-order valence-electron chi connectivity index (χ3n) is 3.73. The van der Waals surface area contributed by atoms with Crippen molar-refractivity contribution in [3.63, 3.8) is 0 Å². The third kappa shape index (κ3) is 2.09. The second-order valence-corrected chi connectivity index (χ2v) is 6.10. The minimum Gasteiger partial charge on any atom is -0.282 e. The van der Waals surface area contributed by atoms with Crippen LogP contribution in [0.25, 0.3) is 27.6 Å². The highest BCUT2D eigenvalue weighted by Gasteiger charge is 2.25. The molecule has 0 atom stereocenters. The van der Waals surface area contributed by atoms with E-state index in [1.807, 2.05) is 30.3 Å². The molecule has 0 aromatic heterocycles. The number of imide groups is 1. The normalized spacial score (nSPS) is 16.6. The number of carbonyl (C=O) groups excluding carboxylic acids is 2. The van der Waals surface area contributed by atoms with E-state index >= 15 is 0 Å². The summed E-state index contributed by atoms with van der Waals surface area (Å²) in [7, 11) is 0. The Morgan fingerprint density at radius 1 is 0.864 bits per heavy atom. The average molecular weight is 305 g/mol. The molecule has 3 aromatic rings. The summed E-state index contributed by atoms with van der Waals surface area (Å²) < 4.78 is 0. The molecule has 1 fully saturated rings. The number of thioether (sulfide) groups is 1. The van der Waals surface area contributed by atoms with Gasteiger partial charge in [-0.1, -0.05) is 48.5 Å². The van der Waals surface area contributed by atoms with Crippen LogP contribution in [-0.2, 0) is 4.79 Å². The van der Waals surface area contributed by atoms with Gasteiger partial charge in [-0.3, -0.25) is 14.9 Å². The summed E-state index contributed by atoms with van der Waals surface area (Å²) in [5.41, 5.74) is 0.946. The van der Waals surface area contributed by atoms with Crippen molar-refractivity contribution >= 4 is 50.5 Å². The predicted molar refractivity (Wildman–Crippen MR) is 90.6 cm³/mol. The molecule has 1 saturated heterocycles. The monoisotopic (exact) mass is 305 g/mol. The molecule has 3 aromatic carbocycles. The molecule has 106 valence electrons. The van der Waals surface area contributed by atoms with E-state index in [1.54, 1.807) is 6.08 Å². The van der Waals surface area contributed by atoms with Crippen LogP contribution in [0.1, 0.15) is 5.56 Å². The number of nitrogens with one attached hydrogen (secondary N) is 1. The molecule has 0 saturated carbocycles. The Balaban J connectivity index is 2.02. The van der Waals surface area contributed by atoms with E-state index in [1.165, 1.54) is 5.39 Å². The lowest BCUT2D eigenvalue weighted by molar-refractivity contribution is -0.115. The van der Waals surface area contributed by atoms with E-state index in [0.29, 0.717) is 4.91 Å². The molecule has 4 heteroatoms. The summed E-state index contributed by atoms with van der Waals surface area (Å²) in [6, 6.07) is 18.3. The van der Waals surface area contributed by atoms with Crippen molar-refractivity contribution in [3.8, 4) is 0 Å². The van der Waals surface area contributed by atoms with Crippen molar-refractivity contribution in [2.24, 2.45) is 0 Å². The molecule has 3 nitrogen and oxygen atoms in total. The van der Waals surface area contributed by atoms with Crippen LogP contribution in [0, 0.1) is 0 Å². The molecule has 2 amide bonds. The predicted octanol–water partition coefficient (Wildman–Crippen LogP) is 4.32. The van der Waals surface area contributed by atoms with Gasteiger partial charge in [0.05, 0.1) is 4.91 Å². The van der Waals surface area contributed by atoms with Crippen LogP contribution >= 0.6 is 11.8 Å². The molecule has 1 aliphatic rings. The molecule has 0 unspecified atom stereocenters. The maximum absolute atomic E-state index is 11.8. The van der Waals surface area contributed by atoms with Crippen LogP contribution in [0.2, 0.25) is 0 Å². The van der Waals surface area contributed by atoms with Crippen LogP contribution < -0.4 is 5.32 Å². The molecule has 0 radical (unpaired) electrons. The summed E-state index contributed by atoms with van der Waals surface area (Å²) in [6.45, 7) is 0. The lowest BCUT2D eigenvalue weighted by Crippen LogP contribution is -2.17. The second kappa shape index (κ2) is 5.00. The van der Waals surface area contributed by atoms with E-state index in [4.69, 9.17) is 0 Å². The largest absolute Gasteiger partial charge is 0.290 e. The molecule has 0 spiro atoms. The first-order chi connectivity index (χ1) is 10.7. The maximum Gasteiger partial charge on any atom is 0.290 e. The fraction of sp³-hybridized carbons (Fsp3) is 0. The minimum atomic E-state index is -0.327. The second-order valence-electron chi connectivity index (χ2n) is 5.08. The van der Waals surface area contributed by atoms with Crippen molar-refractivity contribution in [1.82, 2.24) is 5.32 Å². The van der Waals surface area contributed by atoms with Gasteiger partial charge in [0.25, 0.3) is 11.1 Å².